The molecular formula is C46H30N2. The van der Waals surface area contributed by atoms with E-state index in [2.05, 4.69) is 191 Å². The highest BCUT2D eigenvalue weighted by Gasteiger charge is 2.18. The molecule has 0 unspecified atom stereocenters. The van der Waals surface area contributed by atoms with Gasteiger partial charge in [0.15, 0.2) is 0 Å². The summed E-state index contributed by atoms with van der Waals surface area (Å²) in [4.78, 5) is 2.39. The number of hydrogen-bond acceptors (Lipinski definition) is 1. The van der Waals surface area contributed by atoms with Crippen LogP contribution in [-0.2, 0) is 0 Å². The van der Waals surface area contributed by atoms with Crippen LogP contribution in [0.3, 0.4) is 0 Å². The Hall–Kier alpha value is -6.38. The summed E-state index contributed by atoms with van der Waals surface area (Å²) in [6.07, 6.45) is 0. The number of nitrogens with zero attached hydrogens (tertiary/aromatic N) is 2. The Bertz CT molecular complexity index is 2800. The molecule has 2 nitrogen and oxygen atoms in total. The van der Waals surface area contributed by atoms with Crippen LogP contribution in [-0.4, -0.2) is 4.57 Å². The van der Waals surface area contributed by atoms with E-state index in [1.165, 1.54) is 70.6 Å². The van der Waals surface area contributed by atoms with E-state index >= 15 is 0 Å². The van der Waals surface area contributed by atoms with E-state index in [1.54, 1.807) is 0 Å². The van der Waals surface area contributed by atoms with Gasteiger partial charge in [0.05, 0.1) is 11.0 Å². The lowest BCUT2D eigenvalue weighted by atomic mass is 9.94. The Balaban J connectivity index is 1.22. The Morgan fingerprint density at radius 3 is 1.50 bits per heavy atom. The second-order valence-electron chi connectivity index (χ2n) is 12.5. The van der Waals surface area contributed by atoms with Crippen molar-refractivity contribution in [2.75, 3.05) is 4.90 Å². The van der Waals surface area contributed by atoms with Gasteiger partial charge in [0.2, 0.25) is 0 Å². The summed E-state index contributed by atoms with van der Waals surface area (Å²) >= 11 is 0. The molecule has 0 aliphatic carbocycles. The minimum Gasteiger partial charge on any atom is -0.310 e. The van der Waals surface area contributed by atoms with Gasteiger partial charge in [-0.3, -0.25) is 0 Å². The summed E-state index contributed by atoms with van der Waals surface area (Å²) in [7, 11) is 0. The third-order valence-corrected chi connectivity index (χ3v) is 9.91. The monoisotopic (exact) mass is 610 g/mol. The molecule has 0 aliphatic rings. The van der Waals surface area contributed by atoms with Gasteiger partial charge in [-0.05, 0) is 92.3 Å². The van der Waals surface area contributed by atoms with Gasteiger partial charge in [-0.15, -0.1) is 0 Å². The van der Waals surface area contributed by atoms with E-state index in [-0.39, 0.29) is 0 Å². The fraction of sp³-hybridized carbons (Fsp3) is 0. The Labute approximate surface area is 278 Å². The van der Waals surface area contributed by atoms with E-state index in [4.69, 9.17) is 0 Å². The first kappa shape index (κ1) is 26.8. The number of aromatic nitrogens is 1. The van der Waals surface area contributed by atoms with Crippen LogP contribution in [0, 0.1) is 0 Å². The van der Waals surface area contributed by atoms with Crippen LogP contribution in [0.15, 0.2) is 182 Å². The van der Waals surface area contributed by atoms with Gasteiger partial charge in [-0.1, -0.05) is 127 Å². The van der Waals surface area contributed by atoms with Crippen LogP contribution >= 0.6 is 0 Å². The lowest BCUT2D eigenvalue weighted by molar-refractivity contribution is 1.19. The lowest BCUT2D eigenvalue weighted by Crippen LogP contribution is -2.09. The molecule has 0 N–H and O–H groups in total. The van der Waals surface area contributed by atoms with Crippen molar-refractivity contribution in [1.82, 2.24) is 4.57 Å². The fourth-order valence-electron chi connectivity index (χ4n) is 7.82. The van der Waals surface area contributed by atoms with Gasteiger partial charge in [-0.25, -0.2) is 0 Å². The molecule has 0 spiro atoms. The number of benzene rings is 9. The van der Waals surface area contributed by atoms with E-state index in [0.29, 0.717) is 0 Å². The summed E-state index contributed by atoms with van der Waals surface area (Å²) in [5, 5.41) is 12.6. The number of anilines is 3. The highest BCUT2D eigenvalue weighted by Crippen LogP contribution is 2.43. The predicted molar refractivity (Wildman–Crippen MR) is 205 cm³/mol. The average Bonchev–Trinajstić information content (AvgIpc) is 3.50. The third kappa shape index (κ3) is 4.00. The SMILES string of the molecule is c1ccc(N(c2ccc3c(ccc4c5ccccc5n(-c5ccccc5)c34)c2)c2ccc3c4ccccc4c4ccccc4c3c2)cc1. The molecule has 224 valence electrons. The van der Waals surface area contributed by atoms with Gasteiger partial charge in [-0.2, -0.15) is 0 Å². The Morgan fingerprint density at radius 2 is 0.812 bits per heavy atom. The average molecular weight is 611 g/mol. The normalized spacial score (nSPS) is 11.8. The summed E-state index contributed by atoms with van der Waals surface area (Å²) < 4.78 is 2.42. The molecule has 0 saturated heterocycles. The largest absolute Gasteiger partial charge is 0.310 e. The Kier molecular flexibility index (Phi) is 5.91. The van der Waals surface area contributed by atoms with E-state index in [9.17, 15) is 0 Å². The highest BCUT2D eigenvalue weighted by atomic mass is 15.1. The first-order valence-corrected chi connectivity index (χ1v) is 16.5. The maximum atomic E-state index is 2.42. The molecular weight excluding hydrogens is 581 g/mol. The van der Waals surface area contributed by atoms with E-state index in [1.807, 2.05) is 0 Å². The highest BCUT2D eigenvalue weighted by molar-refractivity contribution is 6.26. The maximum absolute atomic E-state index is 2.42. The molecule has 0 atom stereocenters. The van der Waals surface area contributed by atoms with Crippen molar-refractivity contribution in [3.05, 3.63) is 182 Å². The van der Waals surface area contributed by atoms with Crippen molar-refractivity contribution >= 4 is 82.0 Å². The van der Waals surface area contributed by atoms with Crippen LogP contribution in [0.4, 0.5) is 17.1 Å². The molecule has 0 fully saturated rings. The van der Waals surface area contributed by atoms with E-state index < -0.39 is 0 Å². The van der Waals surface area contributed by atoms with Crippen LogP contribution in [0.1, 0.15) is 0 Å². The molecule has 0 saturated carbocycles. The van der Waals surface area contributed by atoms with E-state index in [0.717, 1.165) is 17.1 Å². The second kappa shape index (κ2) is 10.6. The van der Waals surface area contributed by atoms with Gasteiger partial charge < -0.3 is 9.47 Å². The lowest BCUT2D eigenvalue weighted by Gasteiger charge is -2.26. The second-order valence-corrected chi connectivity index (χ2v) is 12.5. The summed E-state index contributed by atoms with van der Waals surface area (Å²) in [6, 6.07) is 66.2. The van der Waals surface area contributed by atoms with Crippen LogP contribution in [0.5, 0.6) is 0 Å². The predicted octanol–water partition coefficient (Wildman–Crippen LogP) is 12.9. The summed E-state index contributed by atoms with van der Waals surface area (Å²) in [5.41, 5.74) is 7.01. The maximum Gasteiger partial charge on any atom is 0.0619 e. The van der Waals surface area contributed by atoms with Crippen molar-refractivity contribution in [3.8, 4) is 5.69 Å². The zero-order chi connectivity index (χ0) is 31.6. The molecule has 2 heteroatoms. The molecule has 0 bridgehead atoms. The smallest absolute Gasteiger partial charge is 0.0619 e. The van der Waals surface area contributed by atoms with Crippen molar-refractivity contribution in [3.63, 3.8) is 0 Å². The van der Waals surface area contributed by atoms with Crippen molar-refractivity contribution in [2.45, 2.75) is 0 Å². The van der Waals surface area contributed by atoms with Gasteiger partial charge in [0.1, 0.15) is 0 Å². The van der Waals surface area contributed by atoms with Gasteiger partial charge in [0, 0.05) is 38.9 Å². The minimum absolute atomic E-state index is 1.12. The summed E-state index contributed by atoms with van der Waals surface area (Å²) in [5.74, 6) is 0. The van der Waals surface area contributed by atoms with Crippen LogP contribution < -0.4 is 4.90 Å². The summed E-state index contributed by atoms with van der Waals surface area (Å²) in [6.45, 7) is 0. The van der Waals surface area contributed by atoms with Gasteiger partial charge in [0.25, 0.3) is 0 Å². The molecule has 0 aliphatic heterocycles. The van der Waals surface area contributed by atoms with Gasteiger partial charge >= 0.3 is 0 Å². The molecule has 0 amide bonds. The molecule has 10 aromatic rings. The topological polar surface area (TPSA) is 8.17 Å². The number of rotatable bonds is 4. The van der Waals surface area contributed by atoms with Crippen molar-refractivity contribution in [2.24, 2.45) is 0 Å². The standard InChI is InChI=1S/C46H30N2/c1-3-13-32(14-4-1)47(35-25-28-41-39-19-8-7-17-37(39)38-18-9-10-20-40(38)44(41)30-35)34-24-27-36-31(29-34)23-26-43-42-21-11-12-22-45(42)48(46(36)43)33-15-5-2-6-16-33/h1-30H. The van der Waals surface area contributed by atoms with Crippen molar-refractivity contribution in [1.29, 1.82) is 0 Å². The molecule has 1 heterocycles. The molecule has 0 radical (unpaired) electrons. The first-order valence-electron chi connectivity index (χ1n) is 16.5. The zero-order valence-corrected chi connectivity index (χ0v) is 26.2. The molecule has 10 rings (SSSR count). The van der Waals surface area contributed by atoms with Crippen LogP contribution in [0.25, 0.3) is 70.6 Å². The number of para-hydroxylation sites is 3. The Morgan fingerprint density at radius 1 is 0.312 bits per heavy atom. The van der Waals surface area contributed by atoms with Crippen molar-refractivity contribution < 1.29 is 0 Å². The molecule has 48 heavy (non-hydrogen) atoms. The number of hydrogen-bond donors (Lipinski definition) is 0. The third-order valence-electron chi connectivity index (χ3n) is 9.91. The number of fused-ring (bicyclic) bond motifs is 11. The zero-order valence-electron chi connectivity index (χ0n) is 26.2. The van der Waals surface area contributed by atoms with Crippen LogP contribution in [0.2, 0.25) is 0 Å². The molecule has 1 aromatic heterocycles. The molecule has 9 aromatic carbocycles. The minimum atomic E-state index is 1.12. The fourth-order valence-corrected chi connectivity index (χ4v) is 7.82. The first-order chi connectivity index (χ1) is 23.8. The quantitative estimate of drug-likeness (QED) is 0.180.